The zero-order chi connectivity index (χ0) is 19.4. The highest BCUT2D eigenvalue weighted by Crippen LogP contribution is 2.31. The molecular weight excluding hydrogens is 364 g/mol. The second-order valence-corrected chi connectivity index (χ2v) is 7.37. The molecule has 2 aromatic rings. The molecule has 0 fully saturated rings. The van der Waals surface area contributed by atoms with Crippen LogP contribution >= 0.6 is 11.8 Å². The smallest absolute Gasteiger partial charge is 0.338 e. The Hall–Kier alpha value is -2.80. The number of carbonyl (C=O) groups is 3. The van der Waals surface area contributed by atoms with Gasteiger partial charge in [-0.15, -0.1) is 11.8 Å². The number of benzene rings is 2. The van der Waals surface area contributed by atoms with Crippen LogP contribution in [-0.4, -0.2) is 30.1 Å². The van der Waals surface area contributed by atoms with Crippen molar-refractivity contribution in [2.24, 2.45) is 0 Å². The monoisotopic (exact) mass is 384 g/mol. The van der Waals surface area contributed by atoms with Gasteiger partial charge in [-0.1, -0.05) is 12.1 Å². The Labute approximate surface area is 161 Å². The Morgan fingerprint density at radius 3 is 2.85 bits per heavy atom. The molecule has 1 aliphatic heterocycles. The number of esters is 1. The molecule has 0 saturated heterocycles. The number of carbonyl (C=O) groups excluding carboxylic acids is 3. The van der Waals surface area contributed by atoms with Gasteiger partial charge in [0.15, 0.2) is 6.61 Å². The van der Waals surface area contributed by atoms with Crippen LogP contribution in [-0.2, 0) is 14.3 Å². The Morgan fingerprint density at radius 2 is 2.04 bits per heavy atom. The van der Waals surface area contributed by atoms with E-state index in [2.05, 4.69) is 10.6 Å². The maximum atomic E-state index is 12.3. The highest BCUT2D eigenvalue weighted by atomic mass is 32.2. The van der Waals surface area contributed by atoms with Gasteiger partial charge in [-0.25, -0.2) is 4.79 Å². The summed E-state index contributed by atoms with van der Waals surface area (Å²) in [6.45, 7) is 3.49. The van der Waals surface area contributed by atoms with Gasteiger partial charge in [0.2, 0.25) is 5.91 Å². The highest BCUT2D eigenvalue weighted by molar-refractivity contribution is 7.99. The molecular formula is C20H20N2O4S. The Morgan fingerprint density at radius 1 is 1.22 bits per heavy atom. The van der Waals surface area contributed by atoms with E-state index in [-0.39, 0.29) is 18.1 Å². The summed E-state index contributed by atoms with van der Waals surface area (Å²) in [5, 5.41) is 5.53. The first-order chi connectivity index (χ1) is 12.9. The number of fused-ring (bicyclic) bond motifs is 1. The number of aryl methyl sites for hydroxylation is 1. The molecule has 2 N–H and O–H groups in total. The maximum absolute atomic E-state index is 12.3. The van der Waals surface area contributed by atoms with Crippen molar-refractivity contribution in [2.45, 2.75) is 25.2 Å². The van der Waals surface area contributed by atoms with E-state index in [0.29, 0.717) is 23.5 Å². The van der Waals surface area contributed by atoms with Gasteiger partial charge in [0, 0.05) is 22.8 Å². The summed E-state index contributed by atoms with van der Waals surface area (Å²) in [4.78, 5) is 36.9. The lowest BCUT2D eigenvalue weighted by molar-refractivity contribution is -0.119. The molecule has 0 spiro atoms. The normalized spacial score (nSPS) is 13.2. The third-order valence-electron chi connectivity index (χ3n) is 4.29. The number of nitrogens with one attached hydrogen (secondary N) is 2. The van der Waals surface area contributed by atoms with Crippen LogP contribution in [0.2, 0.25) is 0 Å². The predicted molar refractivity (Wildman–Crippen MR) is 105 cm³/mol. The van der Waals surface area contributed by atoms with Crippen molar-refractivity contribution in [3.63, 3.8) is 0 Å². The average molecular weight is 384 g/mol. The summed E-state index contributed by atoms with van der Waals surface area (Å²) in [5.74, 6) is -0.408. The van der Waals surface area contributed by atoms with Crippen molar-refractivity contribution in [3.8, 4) is 0 Å². The van der Waals surface area contributed by atoms with Crippen molar-refractivity contribution in [2.75, 3.05) is 23.0 Å². The van der Waals surface area contributed by atoms with E-state index >= 15 is 0 Å². The second kappa shape index (κ2) is 8.26. The summed E-state index contributed by atoms with van der Waals surface area (Å²) >= 11 is 1.56. The van der Waals surface area contributed by atoms with Crippen LogP contribution in [0.25, 0.3) is 0 Å². The summed E-state index contributed by atoms with van der Waals surface area (Å²) in [7, 11) is 0. The number of hydrogen-bond donors (Lipinski definition) is 2. The van der Waals surface area contributed by atoms with Gasteiger partial charge in [-0.2, -0.15) is 0 Å². The van der Waals surface area contributed by atoms with Crippen molar-refractivity contribution >= 4 is 40.9 Å². The lowest BCUT2D eigenvalue weighted by Crippen LogP contribution is -2.21. The summed E-state index contributed by atoms with van der Waals surface area (Å²) in [5.41, 5.74) is 3.61. The first-order valence-electron chi connectivity index (χ1n) is 8.54. The molecule has 140 valence electrons. The van der Waals surface area contributed by atoms with Gasteiger partial charge in [-0.3, -0.25) is 9.59 Å². The van der Waals surface area contributed by atoms with Gasteiger partial charge in [0.1, 0.15) is 0 Å². The number of rotatable bonds is 4. The SMILES string of the molecule is Cc1cccc(NC(=O)COC(=O)c2ccc3c(c2)NC(=O)CCS3)c1C. The van der Waals surface area contributed by atoms with E-state index in [4.69, 9.17) is 4.74 Å². The van der Waals surface area contributed by atoms with E-state index < -0.39 is 11.9 Å². The quantitative estimate of drug-likeness (QED) is 0.788. The largest absolute Gasteiger partial charge is 0.452 e. The van der Waals surface area contributed by atoms with Crippen LogP contribution in [0.1, 0.15) is 27.9 Å². The molecule has 0 aliphatic carbocycles. The topological polar surface area (TPSA) is 84.5 Å². The lowest BCUT2D eigenvalue weighted by Gasteiger charge is -2.11. The molecule has 1 heterocycles. The third-order valence-corrected chi connectivity index (χ3v) is 5.36. The summed E-state index contributed by atoms with van der Waals surface area (Å²) in [6, 6.07) is 10.6. The zero-order valence-electron chi connectivity index (χ0n) is 15.1. The Bertz CT molecular complexity index is 911. The second-order valence-electron chi connectivity index (χ2n) is 6.23. The van der Waals surface area contributed by atoms with Crippen LogP contribution in [0, 0.1) is 13.8 Å². The van der Waals surface area contributed by atoms with E-state index in [1.807, 2.05) is 26.0 Å². The minimum Gasteiger partial charge on any atom is -0.452 e. The summed E-state index contributed by atoms with van der Waals surface area (Å²) < 4.78 is 5.11. The zero-order valence-corrected chi connectivity index (χ0v) is 15.9. The van der Waals surface area contributed by atoms with Crippen LogP contribution in [0.3, 0.4) is 0 Å². The van der Waals surface area contributed by atoms with Crippen LogP contribution in [0.5, 0.6) is 0 Å². The Balaban J connectivity index is 1.61. The fourth-order valence-electron chi connectivity index (χ4n) is 2.63. The first kappa shape index (κ1) is 19.0. The molecule has 2 amide bonds. The average Bonchev–Trinajstić information content (AvgIpc) is 2.83. The van der Waals surface area contributed by atoms with E-state index in [0.717, 1.165) is 16.0 Å². The molecule has 7 heteroatoms. The molecule has 0 aromatic heterocycles. The van der Waals surface area contributed by atoms with Crippen LogP contribution in [0.15, 0.2) is 41.3 Å². The number of hydrogen-bond acceptors (Lipinski definition) is 5. The van der Waals surface area contributed by atoms with Crippen molar-refractivity contribution in [3.05, 3.63) is 53.1 Å². The minimum atomic E-state index is -0.614. The van der Waals surface area contributed by atoms with Crippen LogP contribution in [0.4, 0.5) is 11.4 Å². The predicted octanol–water partition coefficient (Wildman–Crippen LogP) is 3.53. The van der Waals surface area contributed by atoms with Crippen molar-refractivity contribution in [1.82, 2.24) is 0 Å². The molecule has 6 nitrogen and oxygen atoms in total. The minimum absolute atomic E-state index is 0.0836. The molecule has 0 radical (unpaired) electrons. The van der Waals surface area contributed by atoms with E-state index in [1.165, 1.54) is 0 Å². The molecule has 0 unspecified atom stereocenters. The highest BCUT2D eigenvalue weighted by Gasteiger charge is 2.17. The lowest BCUT2D eigenvalue weighted by atomic mass is 10.1. The third kappa shape index (κ3) is 4.68. The molecule has 3 rings (SSSR count). The Kier molecular flexibility index (Phi) is 5.81. The van der Waals surface area contributed by atoms with Gasteiger partial charge in [0.05, 0.1) is 11.3 Å². The van der Waals surface area contributed by atoms with Gasteiger partial charge >= 0.3 is 5.97 Å². The van der Waals surface area contributed by atoms with E-state index in [1.54, 1.807) is 36.0 Å². The number of amides is 2. The molecule has 0 saturated carbocycles. The molecule has 27 heavy (non-hydrogen) atoms. The van der Waals surface area contributed by atoms with Crippen molar-refractivity contribution in [1.29, 1.82) is 0 Å². The molecule has 0 bridgehead atoms. The number of ether oxygens (including phenoxy) is 1. The van der Waals surface area contributed by atoms with Gasteiger partial charge < -0.3 is 15.4 Å². The molecule has 0 atom stereocenters. The van der Waals surface area contributed by atoms with Crippen LogP contribution < -0.4 is 10.6 Å². The number of anilines is 2. The van der Waals surface area contributed by atoms with E-state index in [9.17, 15) is 14.4 Å². The van der Waals surface area contributed by atoms with Gasteiger partial charge in [-0.05, 0) is 49.2 Å². The van der Waals surface area contributed by atoms with Crippen molar-refractivity contribution < 1.29 is 19.1 Å². The maximum Gasteiger partial charge on any atom is 0.338 e. The standard InChI is InChI=1S/C20H20N2O4S/c1-12-4-3-5-15(13(12)2)21-19(24)11-26-20(25)14-6-7-17-16(10-14)22-18(23)8-9-27-17/h3-7,10H,8-9,11H2,1-2H3,(H,21,24)(H,22,23). The molecule has 2 aromatic carbocycles. The molecule has 1 aliphatic rings. The first-order valence-corrected chi connectivity index (χ1v) is 9.52. The van der Waals surface area contributed by atoms with Gasteiger partial charge in [0.25, 0.3) is 5.91 Å². The number of thioether (sulfide) groups is 1. The fourth-order valence-corrected chi connectivity index (χ4v) is 3.57. The summed E-state index contributed by atoms with van der Waals surface area (Å²) in [6.07, 6.45) is 0.428. The fraction of sp³-hybridized carbons (Fsp3) is 0.250.